The molecule has 6 heteroatoms. The maximum absolute atomic E-state index is 12.0. The average Bonchev–Trinajstić information content (AvgIpc) is 3.05. The van der Waals surface area contributed by atoms with Crippen LogP contribution in [0, 0.1) is 0 Å². The number of allylic oxidation sites excluding steroid dienone is 2. The predicted octanol–water partition coefficient (Wildman–Crippen LogP) is 2.03. The van der Waals surface area contributed by atoms with E-state index in [0.29, 0.717) is 25.7 Å². The molecule has 0 aromatic carbocycles. The predicted molar refractivity (Wildman–Crippen MR) is 81.1 cm³/mol. The van der Waals surface area contributed by atoms with E-state index in [1.165, 1.54) is 0 Å². The maximum atomic E-state index is 12.0. The van der Waals surface area contributed by atoms with Crippen molar-refractivity contribution in [3.05, 3.63) is 24.3 Å². The molecule has 0 spiro atoms. The summed E-state index contributed by atoms with van der Waals surface area (Å²) in [6, 6.07) is 0. The van der Waals surface area contributed by atoms with Gasteiger partial charge in [0.2, 0.25) is 0 Å². The lowest BCUT2D eigenvalue weighted by atomic mass is 10.4. The van der Waals surface area contributed by atoms with Gasteiger partial charge in [-0.3, -0.25) is 0 Å². The molecular weight excluding hydrogens is 296 g/mol. The zero-order chi connectivity index (χ0) is 14.6. The monoisotopic (exact) mass is 318 g/mol. The molecule has 2 rings (SSSR count). The molecule has 2 unspecified atom stereocenters. The van der Waals surface area contributed by atoms with Gasteiger partial charge in [-0.15, -0.1) is 0 Å². The minimum Gasteiger partial charge on any atom is -0.228 e. The van der Waals surface area contributed by atoms with Gasteiger partial charge in [0.15, 0.2) is 19.7 Å². The minimum absolute atomic E-state index is 0.0953. The van der Waals surface area contributed by atoms with Crippen molar-refractivity contribution in [3.8, 4) is 0 Å². The van der Waals surface area contributed by atoms with E-state index in [1.807, 2.05) is 12.2 Å². The van der Waals surface area contributed by atoms with E-state index in [2.05, 4.69) is 0 Å². The van der Waals surface area contributed by atoms with Crippen LogP contribution in [0.2, 0.25) is 0 Å². The van der Waals surface area contributed by atoms with Crippen LogP contribution >= 0.6 is 0 Å². The lowest BCUT2D eigenvalue weighted by Gasteiger charge is -2.11. The number of hydrogen-bond acceptors (Lipinski definition) is 4. The standard InChI is InChI=1S/C14H22O4S2/c15-19(16,13-7-1-2-8-13)11-5-6-12-20(17,18)14-9-3-4-10-14/h1,3,7,9,13-14H,2,4-6,8,10-12H2. The van der Waals surface area contributed by atoms with Crippen LogP contribution in [0.15, 0.2) is 24.3 Å². The van der Waals surface area contributed by atoms with Crippen molar-refractivity contribution in [2.75, 3.05) is 11.5 Å². The van der Waals surface area contributed by atoms with Gasteiger partial charge in [-0.2, -0.15) is 0 Å². The van der Waals surface area contributed by atoms with Crippen LogP contribution in [-0.4, -0.2) is 38.8 Å². The fourth-order valence-corrected chi connectivity index (χ4v) is 6.23. The molecular formula is C14H22O4S2. The Bertz CT molecular complexity index is 531. The van der Waals surface area contributed by atoms with Crippen LogP contribution in [0.25, 0.3) is 0 Å². The summed E-state index contributed by atoms with van der Waals surface area (Å²) in [5, 5.41) is -0.700. The Hall–Kier alpha value is -0.620. The SMILES string of the molecule is O=S(=O)(CCCCS(=O)(=O)C1C=CCC1)C1C=CCC1. The first-order valence-electron chi connectivity index (χ1n) is 7.18. The first-order chi connectivity index (χ1) is 9.42. The fraction of sp³-hybridized carbons (Fsp3) is 0.714. The molecule has 0 radical (unpaired) electrons. The molecule has 0 fully saturated rings. The smallest absolute Gasteiger partial charge is 0.156 e. The second-order valence-electron chi connectivity index (χ2n) is 5.53. The molecule has 0 amide bonds. The normalized spacial score (nSPS) is 26.4. The highest BCUT2D eigenvalue weighted by Gasteiger charge is 2.26. The van der Waals surface area contributed by atoms with E-state index >= 15 is 0 Å². The van der Waals surface area contributed by atoms with Gasteiger partial charge in [-0.05, 0) is 38.5 Å². The molecule has 0 aliphatic heterocycles. The van der Waals surface area contributed by atoms with E-state index < -0.39 is 19.7 Å². The molecule has 2 aliphatic carbocycles. The van der Waals surface area contributed by atoms with Crippen LogP contribution in [0.5, 0.6) is 0 Å². The van der Waals surface area contributed by atoms with E-state index in [9.17, 15) is 16.8 Å². The van der Waals surface area contributed by atoms with Gasteiger partial charge in [0, 0.05) is 0 Å². The lowest BCUT2D eigenvalue weighted by Crippen LogP contribution is -2.23. The Morgan fingerprint density at radius 1 is 0.750 bits per heavy atom. The molecule has 0 aromatic heterocycles. The van der Waals surface area contributed by atoms with Gasteiger partial charge in [0.05, 0.1) is 22.0 Å². The van der Waals surface area contributed by atoms with Gasteiger partial charge in [-0.1, -0.05) is 24.3 Å². The quantitative estimate of drug-likeness (QED) is 0.532. The highest BCUT2D eigenvalue weighted by Crippen LogP contribution is 2.21. The largest absolute Gasteiger partial charge is 0.228 e. The van der Waals surface area contributed by atoms with Crippen LogP contribution in [-0.2, 0) is 19.7 Å². The van der Waals surface area contributed by atoms with Crippen LogP contribution in [0.3, 0.4) is 0 Å². The van der Waals surface area contributed by atoms with Crippen molar-refractivity contribution >= 4 is 19.7 Å². The molecule has 0 bridgehead atoms. The first-order valence-corrected chi connectivity index (χ1v) is 10.6. The highest BCUT2D eigenvalue weighted by atomic mass is 32.2. The van der Waals surface area contributed by atoms with Crippen LogP contribution < -0.4 is 0 Å². The molecule has 2 atom stereocenters. The fourth-order valence-electron chi connectivity index (χ4n) is 2.72. The Morgan fingerprint density at radius 2 is 1.15 bits per heavy atom. The molecule has 114 valence electrons. The van der Waals surface area contributed by atoms with Gasteiger partial charge in [-0.25, -0.2) is 16.8 Å². The second kappa shape index (κ2) is 6.43. The zero-order valence-corrected chi connectivity index (χ0v) is 13.2. The van der Waals surface area contributed by atoms with E-state index in [1.54, 1.807) is 12.2 Å². The average molecular weight is 318 g/mol. The number of hydrogen-bond donors (Lipinski definition) is 0. The topological polar surface area (TPSA) is 68.3 Å². The molecule has 2 aliphatic rings. The molecule has 20 heavy (non-hydrogen) atoms. The Kier molecular flexibility index (Phi) is 5.07. The van der Waals surface area contributed by atoms with Crippen LogP contribution in [0.4, 0.5) is 0 Å². The first kappa shape index (κ1) is 15.8. The number of unbranched alkanes of at least 4 members (excludes halogenated alkanes) is 1. The van der Waals surface area contributed by atoms with Crippen molar-refractivity contribution in [1.29, 1.82) is 0 Å². The Morgan fingerprint density at radius 3 is 1.45 bits per heavy atom. The van der Waals surface area contributed by atoms with Crippen molar-refractivity contribution in [3.63, 3.8) is 0 Å². The highest BCUT2D eigenvalue weighted by molar-refractivity contribution is 7.92. The molecule has 0 heterocycles. The van der Waals surface area contributed by atoms with Gasteiger partial charge in [0.1, 0.15) is 0 Å². The third-order valence-corrected chi connectivity index (χ3v) is 8.31. The molecule has 0 aromatic rings. The molecule has 0 saturated heterocycles. The number of rotatable bonds is 7. The van der Waals surface area contributed by atoms with Gasteiger partial charge < -0.3 is 0 Å². The summed E-state index contributed by atoms with van der Waals surface area (Å²) in [6.07, 6.45) is 11.2. The third kappa shape index (κ3) is 3.95. The summed E-state index contributed by atoms with van der Waals surface area (Å²) < 4.78 is 48.0. The Labute approximate surface area is 121 Å². The molecule has 4 nitrogen and oxygen atoms in total. The third-order valence-electron chi connectivity index (χ3n) is 3.97. The van der Waals surface area contributed by atoms with E-state index in [0.717, 1.165) is 12.8 Å². The summed E-state index contributed by atoms with van der Waals surface area (Å²) in [4.78, 5) is 0. The summed E-state index contributed by atoms with van der Waals surface area (Å²) >= 11 is 0. The zero-order valence-electron chi connectivity index (χ0n) is 11.6. The van der Waals surface area contributed by atoms with Crippen molar-refractivity contribution in [2.24, 2.45) is 0 Å². The lowest BCUT2D eigenvalue weighted by molar-refractivity contribution is 0.576. The van der Waals surface area contributed by atoms with Gasteiger partial charge >= 0.3 is 0 Å². The summed E-state index contributed by atoms with van der Waals surface area (Å²) in [5.74, 6) is 0.191. The second-order valence-corrected chi connectivity index (χ2v) is 10.2. The van der Waals surface area contributed by atoms with Gasteiger partial charge in [0.25, 0.3) is 0 Å². The van der Waals surface area contributed by atoms with E-state index in [-0.39, 0.29) is 22.0 Å². The van der Waals surface area contributed by atoms with Crippen LogP contribution in [0.1, 0.15) is 38.5 Å². The van der Waals surface area contributed by atoms with E-state index in [4.69, 9.17) is 0 Å². The number of sulfone groups is 2. The van der Waals surface area contributed by atoms with Crippen molar-refractivity contribution < 1.29 is 16.8 Å². The molecule has 0 saturated carbocycles. The summed E-state index contributed by atoms with van der Waals surface area (Å²) in [7, 11) is -6.18. The summed E-state index contributed by atoms with van der Waals surface area (Å²) in [5.41, 5.74) is 0. The van der Waals surface area contributed by atoms with Crippen molar-refractivity contribution in [2.45, 2.75) is 49.0 Å². The summed E-state index contributed by atoms with van der Waals surface area (Å²) in [6.45, 7) is 0. The maximum Gasteiger partial charge on any atom is 0.156 e. The minimum atomic E-state index is -3.09. The molecule has 0 N–H and O–H groups in total. The van der Waals surface area contributed by atoms with Crippen molar-refractivity contribution in [1.82, 2.24) is 0 Å². The Balaban J connectivity index is 1.76.